The van der Waals surface area contributed by atoms with Crippen molar-refractivity contribution in [2.45, 2.75) is 25.2 Å². The third-order valence-corrected chi connectivity index (χ3v) is 3.89. The van der Waals surface area contributed by atoms with Crippen LogP contribution in [0, 0.1) is 5.82 Å². The Balaban J connectivity index is 1.45. The number of nitrogens with zero attached hydrogens (tertiary/aromatic N) is 1. The summed E-state index contributed by atoms with van der Waals surface area (Å²) >= 11 is 0. The quantitative estimate of drug-likeness (QED) is 0.821. The van der Waals surface area contributed by atoms with Crippen LogP contribution in [0.1, 0.15) is 23.1 Å². The molecule has 0 amide bonds. The highest BCUT2D eigenvalue weighted by molar-refractivity contribution is 6.01. The molecule has 132 valence electrons. The number of oxime groups is 1. The van der Waals surface area contributed by atoms with Crippen molar-refractivity contribution < 1.29 is 22.4 Å². The average Bonchev–Trinajstić information content (AvgIpc) is 3.04. The van der Waals surface area contributed by atoms with Gasteiger partial charge in [-0.1, -0.05) is 29.4 Å². The van der Waals surface area contributed by atoms with E-state index in [1.165, 1.54) is 24.3 Å². The first-order valence-electron chi connectivity index (χ1n) is 7.77. The van der Waals surface area contributed by atoms with Gasteiger partial charge in [0, 0.05) is 19.5 Å². The maximum atomic E-state index is 12.9. The van der Waals surface area contributed by atoms with Crippen LogP contribution in [0.25, 0.3) is 0 Å². The van der Waals surface area contributed by atoms with Gasteiger partial charge in [0.15, 0.2) is 0 Å². The zero-order valence-corrected chi connectivity index (χ0v) is 13.2. The van der Waals surface area contributed by atoms with E-state index < -0.39 is 11.7 Å². The van der Waals surface area contributed by atoms with Gasteiger partial charge in [-0.2, -0.15) is 13.2 Å². The fourth-order valence-corrected chi connectivity index (χ4v) is 2.54. The second-order valence-electron chi connectivity index (χ2n) is 5.80. The number of rotatable bonds is 5. The number of benzene rings is 2. The zero-order chi connectivity index (χ0) is 17.9. The van der Waals surface area contributed by atoms with E-state index in [0.717, 1.165) is 29.0 Å². The summed E-state index contributed by atoms with van der Waals surface area (Å²) in [5, 5.41) is 7.15. The van der Waals surface area contributed by atoms with Gasteiger partial charge in [0.05, 0.1) is 11.3 Å². The summed E-state index contributed by atoms with van der Waals surface area (Å²) in [4.78, 5) is 5.33. The second kappa shape index (κ2) is 7.23. The molecule has 0 fully saturated rings. The van der Waals surface area contributed by atoms with Gasteiger partial charge in [0.2, 0.25) is 0 Å². The maximum absolute atomic E-state index is 12.9. The van der Waals surface area contributed by atoms with E-state index in [1.807, 2.05) is 0 Å². The molecule has 0 saturated carbocycles. The molecule has 0 aliphatic carbocycles. The van der Waals surface area contributed by atoms with Crippen molar-refractivity contribution >= 4 is 5.71 Å². The fraction of sp³-hybridized carbons (Fsp3) is 0.278. The molecule has 2 aromatic rings. The van der Waals surface area contributed by atoms with E-state index in [-0.39, 0.29) is 11.9 Å². The number of alkyl halides is 3. The van der Waals surface area contributed by atoms with E-state index in [0.29, 0.717) is 19.5 Å². The van der Waals surface area contributed by atoms with Crippen LogP contribution in [0.15, 0.2) is 53.7 Å². The lowest BCUT2D eigenvalue weighted by molar-refractivity contribution is -0.137. The van der Waals surface area contributed by atoms with Crippen LogP contribution in [-0.4, -0.2) is 18.4 Å². The molecule has 0 radical (unpaired) electrons. The van der Waals surface area contributed by atoms with Crippen LogP contribution < -0.4 is 5.32 Å². The van der Waals surface area contributed by atoms with Gasteiger partial charge in [0.25, 0.3) is 0 Å². The van der Waals surface area contributed by atoms with Crippen molar-refractivity contribution in [2.75, 3.05) is 6.54 Å². The smallest absolute Gasteiger partial charge is 0.390 e. The minimum atomic E-state index is -4.32. The first-order chi connectivity index (χ1) is 11.9. The van der Waals surface area contributed by atoms with E-state index >= 15 is 0 Å². The number of nitrogens with one attached hydrogen (secondary N) is 1. The van der Waals surface area contributed by atoms with Crippen LogP contribution in [-0.2, 0) is 17.6 Å². The molecule has 3 rings (SSSR count). The van der Waals surface area contributed by atoms with Crippen molar-refractivity contribution in [3.8, 4) is 0 Å². The molecule has 1 aliphatic heterocycles. The van der Waals surface area contributed by atoms with Crippen molar-refractivity contribution in [1.29, 1.82) is 0 Å². The van der Waals surface area contributed by atoms with E-state index in [2.05, 4.69) is 10.5 Å². The minimum absolute atomic E-state index is 0.158. The molecule has 1 N–H and O–H groups in total. The topological polar surface area (TPSA) is 33.6 Å². The zero-order valence-electron chi connectivity index (χ0n) is 13.2. The van der Waals surface area contributed by atoms with E-state index in [4.69, 9.17) is 4.84 Å². The Hall–Kier alpha value is -2.41. The molecule has 1 atom stereocenters. The van der Waals surface area contributed by atoms with Crippen LogP contribution in [0.3, 0.4) is 0 Å². The van der Waals surface area contributed by atoms with Crippen LogP contribution >= 0.6 is 0 Å². The van der Waals surface area contributed by atoms with Crippen molar-refractivity contribution in [3.05, 3.63) is 71.0 Å². The van der Waals surface area contributed by atoms with Crippen molar-refractivity contribution in [1.82, 2.24) is 5.32 Å². The molecule has 0 saturated heterocycles. The molecule has 25 heavy (non-hydrogen) atoms. The fourth-order valence-electron chi connectivity index (χ4n) is 2.54. The third kappa shape index (κ3) is 4.57. The number of hydrogen-bond donors (Lipinski definition) is 1. The molecule has 0 spiro atoms. The predicted molar refractivity (Wildman–Crippen MR) is 85.6 cm³/mol. The van der Waals surface area contributed by atoms with E-state index in [9.17, 15) is 17.6 Å². The van der Waals surface area contributed by atoms with Gasteiger partial charge >= 0.3 is 6.18 Å². The van der Waals surface area contributed by atoms with Gasteiger partial charge < -0.3 is 10.2 Å². The molecule has 7 heteroatoms. The molecular weight excluding hydrogens is 336 g/mol. The summed E-state index contributed by atoms with van der Waals surface area (Å²) in [5.74, 6) is -0.307. The monoisotopic (exact) mass is 352 g/mol. The summed E-state index contributed by atoms with van der Waals surface area (Å²) in [5.41, 5.74) is 1.66. The first-order valence-corrected chi connectivity index (χ1v) is 7.77. The summed E-state index contributed by atoms with van der Waals surface area (Å²) < 4.78 is 50.5. The Morgan fingerprint density at radius 1 is 1.04 bits per heavy atom. The average molecular weight is 352 g/mol. The highest BCUT2D eigenvalue weighted by Gasteiger charge is 2.29. The molecule has 3 nitrogen and oxygen atoms in total. The van der Waals surface area contributed by atoms with Gasteiger partial charge in [-0.05, 0) is 35.4 Å². The Kier molecular flexibility index (Phi) is 5.03. The molecule has 1 heterocycles. The van der Waals surface area contributed by atoms with Crippen molar-refractivity contribution in [3.63, 3.8) is 0 Å². The largest absolute Gasteiger partial charge is 0.416 e. The van der Waals surface area contributed by atoms with E-state index in [1.54, 1.807) is 12.1 Å². The molecular formula is C18H16F4N2O. The molecule has 0 aromatic heterocycles. The lowest BCUT2D eigenvalue weighted by Gasteiger charge is -2.11. The predicted octanol–water partition coefficient (Wildman–Crippen LogP) is 4.13. The van der Waals surface area contributed by atoms with Gasteiger partial charge in [-0.25, -0.2) is 4.39 Å². The Morgan fingerprint density at radius 2 is 1.72 bits per heavy atom. The lowest BCUT2D eigenvalue weighted by atomic mass is 10.0. The van der Waals surface area contributed by atoms with Crippen LogP contribution in [0.4, 0.5) is 17.6 Å². The molecule has 1 aliphatic rings. The Labute approximate surface area is 142 Å². The summed E-state index contributed by atoms with van der Waals surface area (Å²) in [6.45, 7) is 0.944. The van der Waals surface area contributed by atoms with Gasteiger partial charge in [-0.3, -0.25) is 0 Å². The Morgan fingerprint density at radius 3 is 2.36 bits per heavy atom. The highest BCUT2D eigenvalue weighted by Crippen LogP contribution is 2.29. The standard InChI is InChI=1S/C18H16F4N2O/c19-15-7-3-13(4-8-15)17-9-16(25-24-17)11-23-10-12-1-5-14(6-2-12)18(20,21)22/h1-8,16,23H,9-11H2/t16-/m0/s1. The lowest BCUT2D eigenvalue weighted by Crippen LogP contribution is -2.26. The second-order valence-corrected chi connectivity index (χ2v) is 5.80. The minimum Gasteiger partial charge on any atom is -0.390 e. The molecule has 2 aromatic carbocycles. The molecule has 0 unspecified atom stereocenters. The summed E-state index contributed by atoms with van der Waals surface area (Å²) in [6, 6.07) is 11.1. The van der Waals surface area contributed by atoms with Gasteiger partial charge in [-0.15, -0.1) is 0 Å². The van der Waals surface area contributed by atoms with Gasteiger partial charge in [0.1, 0.15) is 11.9 Å². The molecule has 0 bridgehead atoms. The van der Waals surface area contributed by atoms with Crippen LogP contribution in [0.2, 0.25) is 0 Å². The number of hydrogen-bond acceptors (Lipinski definition) is 3. The normalized spacial score (nSPS) is 17.3. The Bertz CT molecular complexity index is 739. The number of halogens is 4. The SMILES string of the molecule is Fc1ccc(C2=NO[C@H](CNCc3ccc(C(F)(F)F)cc3)C2)cc1. The summed E-state index contributed by atoms with van der Waals surface area (Å²) in [6.07, 6.45) is -3.89. The highest BCUT2D eigenvalue weighted by atomic mass is 19.4. The van der Waals surface area contributed by atoms with Crippen LogP contribution in [0.5, 0.6) is 0 Å². The first kappa shape index (κ1) is 17.4. The maximum Gasteiger partial charge on any atom is 0.416 e. The third-order valence-electron chi connectivity index (χ3n) is 3.89. The summed E-state index contributed by atoms with van der Waals surface area (Å²) in [7, 11) is 0. The van der Waals surface area contributed by atoms with Crippen molar-refractivity contribution in [2.24, 2.45) is 5.16 Å².